The first-order valence-corrected chi connectivity index (χ1v) is 10.4. The molecule has 28 heavy (non-hydrogen) atoms. The highest BCUT2D eigenvalue weighted by atomic mass is 35.5. The highest BCUT2D eigenvalue weighted by Gasteiger charge is 2.32. The number of halogens is 1. The Balaban J connectivity index is 0.00000225. The molecule has 1 aliphatic heterocycles. The Bertz CT molecular complexity index is 825. The first kappa shape index (κ1) is 21.1. The second kappa shape index (κ2) is 8.78. The lowest BCUT2D eigenvalue weighted by molar-refractivity contribution is 0.0644. The molecule has 3 heterocycles. The molecule has 0 atom stereocenters. The van der Waals surface area contributed by atoms with E-state index in [1.54, 1.807) is 0 Å². The second-order valence-corrected chi connectivity index (χ2v) is 8.25. The van der Waals surface area contributed by atoms with Gasteiger partial charge in [-0.25, -0.2) is 4.98 Å². The molecule has 2 aliphatic rings. The molecule has 154 valence electrons. The van der Waals surface area contributed by atoms with Crippen LogP contribution in [-0.4, -0.2) is 46.6 Å². The summed E-state index contributed by atoms with van der Waals surface area (Å²) in [6, 6.07) is 2.32. The summed E-state index contributed by atoms with van der Waals surface area (Å²) >= 11 is 0. The fraction of sp³-hybridized carbons (Fsp3) is 0.667. The summed E-state index contributed by atoms with van der Waals surface area (Å²) in [5.41, 5.74) is 3.08. The van der Waals surface area contributed by atoms with Gasteiger partial charge >= 0.3 is 0 Å². The largest absolute Gasteiger partial charge is 0.336 e. The van der Waals surface area contributed by atoms with Gasteiger partial charge in [0, 0.05) is 24.2 Å². The first-order valence-electron chi connectivity index (χ1n) is 10.4. The number of hydrogen-bond donors (Lipinski definition) is 1. The van der Waals surface area contributed by atoms with E-state index < -0.39 is 0 Å². The van der Waals surface area contributed by atoms with Gasteiger partial charge in [-0.3, -0.25) is 4.79 Å². The van der Waals surface area contributed by atoms with Crippen LogP contribution in [0.2, 0.25) is 0 Å². The van der Waals surface area contributed by atoms with Crippen LogP contribution in [0.15, 0.2) is 10.6 Å². The monoisotopic (exact) mass is 406 g/mol. The van der Waals surface area contributed by atoms with Crippen molar-refractivity contribution in [2.24, 2.45) is 0 Å². The zero-order valence-electron chi connectivity index (χ0n) is 17.0. The lowest BCUT2D eigenvalue weighted by Gasteiger charge is -2.35. The highest BCUT2D eigenvalue weighted by molar-refractivity contribution is 6.06. The SMILES string of the molecule is CCCN(C(=O)c1cc(C2CC2)nc2onc(C(C)C)c12)C1CCNCC1.Cl. The molecule has 4 rings (SSSR count). The summed E-state index contributed by atoms with van der Waals surface area (Å²) in [5, 5.41) is 8.47. The third kappa shape index (κ3) is 4.03. The van der Waals surface area contributed by atoms with Crippen molar-refractivity contribution < 1.29 is 9.32 Å². The van der Waals surface area contributed by atoms with E-state index in [9.17, 15) is 4.79 Å². The van der Waals surface area contributed by atoms with Gasteiger partial charge in [0.15, 0.2) is 0 Å². The number of carbonyl (C=O) groups is 1. The molecule has 0 unspecified atom stereocenters. The summed E-state index contributed by atoms with van der Waals surface area (Å²) in [6.07, 6.45) is 5.26. The van der Waals surface area contributed by atoms with E-state index in [1.165, 1.54) is 0 Å². The van der Waals surface area contributed by atoms with E-state index in [0.717, 1.165) is 74.1 Å². The smallest absolute Gasteiger partial charge is 0.259 e. The van der Waals surface area contributed by atoms with Gasteiger partial charge in [-0.05, 0) is 57.2 Å². The molecule has 1 amide bonds. The standard InChI is InChI=1S/C21H30N4O2.ClH/c1-4-11-25(15-7-9-22-10-8-15)21(26)16-12-17(14-5-6-14)23-20-18(16)19(13(2)3)24-27-20;/h12-15,22H,4-11H2,1-3H3;1H. The average Bonchev–Trinajstić information content (AvgIpc) is 3.44. The molecule has 1 aliphatic carbocycles. The minimum absolute atomic E-state index is 0. The zero-order valence-corrected chi connectivity index (χ0v) is 17.8. The number of amides is 1. The summed E-state index contributed by atoms with van der Waals surface area (Å²) < 4.78 is 5.56. The van der Waals surface area contributed by atoms with Crippen molar-refractivity contribution in [3.63, 3.8) is 0 Å². The van der Waals surface area contributed by atoms with E-state index in [0.29, 0.717) is 17.7 Å². The maximum atomic E-state index is 13.7. The molecule has 0 radical (unpaired) electrons. The number of aromatic nitrogens is 2. The number of rotatable bonds is 6. The van der Waals surface area contributed by atoms with Gasteiger partial charge in [-0.2, -0.15) is 0 Å². The van der Waals surface area contributed by atoms with Crippen LogP contribution in [0.1, 0.15) is 86.5 Å². The van der Waals surface area contributed by atoms with Crippen LogP contribution in [0.25, 0.3) is 11.1 Å². The third-order valence-electron chi connectivity index (χ3n) is 5.74. The fourth-order valence-corrected chi connectivity index (χ4v) is 4.11. The second-order valence-electron chi connectivity index (χ2n) is 8.25. The minimum atomic E-state index is 0. The quantitative estimate of drug-likeness (QED) is 0.776. The molecule has 6 nitrogen and oxygen atoms in total. The predicted molar refractivity (Wildman–Crippen MR) is 112 cm³/mol. The average molecular weight is 407 g/mol. The third-order valence-corrected chi connectivity index (χ3v) is 5.74. The Kier molecular flexibility index (Phi) is 6.61. The van der Waals surface area contributed by atoms with Crippen molar-refractivity contribution in [3.8, 4) is 0 Å². The van der Waals surface area contributed by atoms with Crippen molar-refractivity contribution in [1.82, 2.24) is 20.4 Å². The predicted octanol–water partition coefficient (Wildman–Crippen LogP) is 4.25. The Hall–Kier alpha value is -1.66. The van der Waals surface area contributed by atoms with Gasteiger partial charge in [-0.1, -0.05) is 25.9 Å². The zero-order chi connectivity index (χ0) is 19.0. The fourth-order valence-electron chi connectivity index (χ4n) is 4.11. The summed E-state index contributed by atoms with van der Waals surface area (Å²) in [6.45, 7) is 9.03. The van der Waals surface area contributed by atoms with Crippen molar-refractivity contribution >= 4 is 29.4 Å². The Labute approximate surface area is 172 Å². The van der Waals surface area contributed by atoms with Crippen molar-refractivity contribution in [1.29, 1.82) is 0 Å². The molecule has 7 heteroatoms. The summed E-state index contributed by atoms with van der Waals surface area (Å²) in [5.74, 6) is 0.764. The molecule has 0 bridgehead atoms. The van der Waals surface area contributed by atoms with Crippen molar-refractivity contribution in [2.75, 3.05) is 19.6 Å². The normalized spacial score (nSPS) is 17.7. The number of hydrogen-bond acceptors (Lipinski definition) is 5. The van der Waals surface area contributed by atoms with Gasteiger partial charge in [0.25, 0.3) is 11.6 Å². The molecule has 1 N–H and O–H groups in total. The number of pyridine rings is 1. The van der Waals surface area contributed by atoms with Gasteiger partial charge in [0.1, 0.15) is 0 Å². The minimum Gasteiger partial charge on any atom is -0.336 e. The maximum Gasteiger partial charge on any atom is 0.259 e. The summed E-state index contributed by atoms with van der Waals surface area (Å²) in [7, 11) is 0. The van der Waals surface area contributed by atoms with Crippen LogP contribution in [0.4, 0.5) is 0 Å². The van der Waals surface area contributed by atoms with Crippen LogP contribution in [0, 0.1) is 0 Å². The molecular weight excluding hydrogens is 376 g/mol. The number of nitrogens with zero attached hydrogens (tertiary/aromatic N) is 3. The van der Waals surface area contributed by atoms with Crippen LogP contribution in [-0.2, 0) is 0 Å². The highest BCUT2D eigenvalue weighted by Crippen LogP contribution is 2.41. The number of fused-ring (bicyclic) bond motifs is 1. The van der Waals surface area contributed by atoms with E-state index in [-0.39, 0.29) is 24.2 Å². The van der Waals surface area contributed by atoms with Gasteiger partial charge in [0.05, 0.1) is 16.6 Å². The van der Waals surface area contributed by atoms with Gasteiger partial charge < -0.3 is 14.7 Å². The molecule has 1 saturated heterocycles. The van der Waals surface area contributed by atoms with Crippen LogP contribution in [0.3, 0.4) is 0 Å². The van der Waals surface area contributed by atoms with Crippen molar-refractivity contribution in [3.05, 3.63) is 23.0 Å². The molecule has 2 aromatic heterocycles. The van der Waals surface area contributed by atoms with Crippen LogP contribution < -0.4 is 5.32 Å². The molecule has 2 fully saturated rings. The Morgan fingerprint density at radius 2 is 2.00 bits per heavy atom. The van der Waals surface area contributed by atoms with E-state index >= 15 is 0 Å². The topological polar surface area (TPSA) is 71.3 Å². The number of nitrogens with one attached hydrogen (secondary N) is 1. The van der Waals surface area contributed by atoms with E-state index in [4.69, 9.17) is 9.51 Å². The molecule has 2 aromatic rings. The van der Waals surface area contributed by atoms with E-state index in [1.807, 2.05) is 6.07 Å². The lowest BCUT2D eigenvalue weighted by Crippen LogP contribution is -2.46. The van der Waals surface area contributed by atoms with Crippen LogP contribution >= 0.6 is 12.4 Å². The van der Waals surface area contributed by atoms with Crippen LogP contribution in [0.5, 0.6) is 0 Å². The van der Waals surface area contributed by atoms with Gasteiger partial charge in [0.2, 0.25) is 0 Å². The lowest BCUT2D eigenvalue weighted by atomic mass is 9.99. The molecule has 0 aromatic carbocycles. The molecular formula is C21H31ClN4O2. The maximum absolute atomic E-state index is 13.7. The van der Waals surface area contributed by atoms with Crippen molar-refractivity contribution in [2.45, 2.75) is 70.8 Å². The summed E-state index contributed by atoms with van der Waals surface area (Å²) in [4.78, 5) is 20.5. The number of carbonyl (C=O) groups excluding carboxylic acids is 1. The van der Waals surface area contributed by atoms with Gasteiger partial charge in [-0.15, -0.1) is 12.4 Å². The molecule has 0 spiro atoms. The molecule has 1 saturated carbocycles. The van der Waals surface area contributed by atoms with E-state index in [2.05, 4.69) is 36.1 Å². The Morgan fingerprint density at radius 3 is 2.61 bits per heavy atom. The first-order chi connectivity index (χ1) is 13.1. The number of piperidine rings is 1. The Morgan fingerprint density at radius 1 is 1.29 bits per heavy atom.